The van der Waals surface area contributed by atoms with Crippen LogP contribution in [-0.4, -0.2) is 48.3 Å². The van der Waals surface area contributed by atoms with Crippen molar-refractivity contribution >= 4 is 0 Å². The maximum absolute atomic E-state index is 9.11. The number of nitrogens with one attached hydrogen (secondary N) is 1. The van der Waals surface area contributed by atoms with Gasteiger partial charge in [-0.15, -0.1) is 0 Å². The second kappa shape index (κ2) is 6.38. The Morgan fingerprint density at radius 1 is 1.29 bits per heavy atom. The first-order valence-corrected chi connectivity index (χ1v) is 5.43. The molecule has 0 spiro atoms. The molecule has 0 fully saturated rings. The zero-order valence-electron chi connectivity index (χ0n) is 10.3. The van der Waals surface area contributed by atoms with E-state index >= 15 is 0 Å². The highest BCUT2D eigenvalue weighted by molar-refractivity contribution is 4.70. The topological polar surface area (TPSA) is 35.5 Å². The van der Waals surface area contributed by atoms with Crippen molar-refractivity contribution in [2.45, 2.75) is 45.8 Å². The lowest BCUT2D eigenvalue weighted by Crippen LogP contribution is -2.40. The van der Waals surface area contributed by atoms with E-state index in [1.165, 1.54) is 0 Å². The van der Waals surface area contributed by atoms with E-state index in [2.05, 4.69) is 38.0 Å². The molecule has 0 bridgehead atoms. The zero-order chi connectivity index (χ0) is 11.2. The van der Waals surface area contributed by atoms with E-state index in [9.17, 15) is 0 Å². The monoisotopic (exact) mass is 202 g/mol. The Balaban J connectivity index is 3.40. The molecule has 0 saturated heterocycles. The van der Waals surface area contributed by atoms with Crippen molar-refractivity contribution in [1.29, 1.82) is 0 Å². The minimum Gasteiger partial charge on any atom is -0.393 e. The second-order valence-electron chi connectivity index (χ2n) is 5.12. The molecule has 3 heteroatoms. The van der Waals surface area contributed by atoms with Crippen LogP contribution in [0.4, 0.5) is 0 Å². The predicted octanol–water partition coefficient (Wildman–Crippen LogP) is 1.08. The molecule has 0 aromatic carbocycles. The molecular weight excluding hydrogens is 176 g/mol. The fraction of sp³-hybridized carbons (Fsp3) is 1.00. The Morgan fingerprint density at radius 3 is 2.29 bits per heavy atom. The highest BCUT2D eigenvalue weighted by atomic mass is 16.3. The number of aliphatic hydroxyl groups is 1. The van der Waals surface area contributed by atoms with E-state index in [4.69, 9.17) is 5.11 Å². The summed E-state index contributed by atoms with van der Waals surface area (Å²) in [6.45, 7) is 11.3. The highest BCUT2D eigenvalue weighted by Gasteiger charge is 2.08. The first-order chi connectivity index (χ1) is 6.31. The molecule has 0 saturated carbocycles. The van der Waals surface area contributed by atoms with Gasteiger partial charge in [0.1, 0.15) is 0 Å². The van der Waals surface area contributed by atoms with Crippen LogP contribution in [-0.2, 0) is 0 Å². The van der Waals surface area contributed by atoms with Crippen LogP contribution in [0.1, 0.15) is 34.1 Å². The van der Waals surface area contributed by atoms with Gasteiger partial charge in [-0.25, -0.2) is 0 Å². The molecular formula is C11H26N2O. The third-order valence-corrected chi connectivity index (χ3v) is 2.08. The van der Waals surface area contributed by atoms with Gasteiger partial charge < -0.3 is 15.3 Å². The summed E-state index contributed by atoms with van der Waals surface area (Å²) in [6.07, 6.45) is 0.666. The summed E-state index contributed by atoms with van der Waals surface area (Å²) >= 11 is 0. The molecule has 0 aliphatic rings. The first kappa shape index (κ1) is 13.9. The van der Waals surface area contributed by atoms with Crippen molar-refractivity contribution in [3.8, 4) is 0 Å². The number of aliphatic hydroxyl groups excluding tert-OH is 1. The van der Waals surface area contributed by atoms with Crippen molar-refractivity contribution < 1.29 is 5.11 Å². The maximum Gasteiger partial charge on any atom is 0.0524 e. The summed E-state index contributed by atoms with van der Waals surface area (Å²) in [5.41, 5.74) is 0.200. The molecule has 0 aliphatic carbocycles. The minimum absolute atomic E-state index is 0.187. The Bertz CT molecular complexity index is 141. The smallest absolute Gasteiger partial charge is 0.0524 e. The minimum atomic E-state index is -0.187. The molecule has 0 heterocycles. The number of rotatable bonds is 6. The van der Waals surface area contributed by atoms with Gasteiger partial charge >= 0.3 is 0 Å². The van der Waals surface area contributed by atoms with Crippen LogP contribution in [0.5, 0.6) is 0 Å². The number of nitrogens with zero attached hydrogens (tertiary/aromatic N) is 1. The van der Waals surface area contributed by atoms with E-state index in [1.54, 1.807) is 0 Å². The van der Waals surface area contributed by atoms with E-state index in [0.717, 1.165) is 26.1 Å². The predicted molar refractivity (Wildman–Crippen MR) is 61.6 cm³/mol. The lowest BCUT2D eigenvalue weighted by Gasteiger charge is -2.23. The van der Waals surface area contributed by atoms with Crippen LogP contribution < -0.4 is 5.32 Å². The van der Waals surface area contributed by atoms with Crippen molar-refractivity contribution in [1.82, 2.24) is 10.2 Å². The van der Waals surface area contributed by atoms with E-state index in [-0.39, 0.29) is 11.6 Å². The van der Waals surface area contributed by atoms with Crippen molar-refractivity contribution in [3.63, 3.8) is 0 Å². The third-order valence-electron chi connectivity index (χ3n) is 2.08. The third kappa shape index (κ3) is 9.96. The molecule has 0 amide bonds. The first-order valence-electron chi connectivity index (χ1n) is 5.43. The highest BCUT2D eigenvalue weighted by Crippen LogP contribution is 1.98. The van der Waals surface area contributed by atoms with Crippen molar-refractivity contribution in [2.24, 2.45) is 0 Å². The maximum atomic E-state index is 9.11. The average Bonchev–Trinajstić information content (AvgIpc) is 1.98. The van der Waals surface area contributed by atoms with Crippen LogP contribution in [0.3, 0.4) is 0 Å². The molecule has 14 heavy (non-hydrogen) atoms. The zero-order valence-corrected chi connectivity index (χ0v) is 10.3. The number of hydrogen-bond acceptors (Lipinski definition) is 3. The fourth-order valence-corrected chi connectivity index (χ4v) is 1.14. The van der Waals surface area contributed by atoms with Crippen LogP contribution in [0, 0.1) is 0 Å². The van der Waals surface area contributed by atoms with Crippen molar-refractivity contribution in [2.75, 3.05) is 26.7 Å². The summed E-state index contributed by atoms with van der Waals surface area (Å²) in [5, 5.41) is 12.5. The molecule has 1 unspecified atom stereocenters. The van der Waals surface area contributed by atoms with E-state index in [1.807, 2.05) is 6.92 Å². The molecule has 0 aliphatic heterocycles. The van der Waals surface area contributed by atoms with Crippen LogP contribution in [0.15, 0.2) is 0 Å². The van der Waals surface area contributed by atoms with Gasteiger partial charge in [0.05, 0.1) is 6.10 Å². The molecule has 1 atom stereocenters. The summed E-state index contributed by atoms with van der Waals surface area (Å²) in [5.74, 6) is 0. The average molecular weight is 202 g/mol. The van der Waals surface area contributed by atoms with Gasteiger partial charge in [0.15, 0.2) is 0 Å². The number of hydrogen-bond donors (Lipinski definition) is 2. The van der Waals surface area contributed by atoms with Gasteiger partial charge in [-0.1, -0.05) is 0 Å². The van der Waals surface area contributed by atoms with Crippen LogP contribution in [0.2, 0.25) is 0 Å². The normalized spacial score (nSPS) is 14.8. The summed E-state index contributed by atoms with van der Waals surface area (Å²) in [7, 11) is 2.09. The van der Waals surface area contributed by atoms with E-state index in [0.29, 0.717) is 0 Å². The lowest BCUT2D eigenvalue weighted by molar-refractivity contribution is 0.164. The lowest BCUT2D eigenvalue weighted by atomic mass is 10.1. The summed E-state index contributed by atoms with van der Waals surface area (Å²) < 4.78 is 0. The van der Waals surface area contributed by atoms with E-state index < -0.39 is 0 Å². The summed E-state index contributed by atoms with van der Waals surface area (Å²) in [6, 6.07) is 0. The Kier molecular flexibility index (Phi) is 6.33. The fourth-order valence-electron chi connectivity index (χ4n) is 1.14. The van der Waals surface area contributed by atoms with Crippen LogP contribution in [0.25, 0.3) is 0 Å². The van der Waals surface area contributed by atoms with Gasteiger partial charge in [0, 0.05) is 25.2 Å². The molecule has 3 nitrogen and oxygen atoms in total. The Labute approximate surface area is 88.5 Å². The molecule has 86 valence electrons. The molecule has 0 rings (SSSR count). The van der Waals surface area contributed by atoms with Gasteiger partial charge in [-0.05, 0) is 41.2 Å². The number of likely N-dealkylation sites (N-methyl/N-ethyl adjacent to an activating group) is 1. The molecule has 2 N–H and O–H groups in total. The van der Waals surface area contributed by atoms with Crippen molar-refractivity contribution in [3.05, 3.63) is 0 Å². The Hall–Kier alpha value is -0.120. The standard InChI is InChI=1S/C11H26N2O/c1-10(14)6-8-13(5)9-7-12-11(2,3)4/h10,12,14H,6-9H2,1-5H3. The molecule has 0 aromatic rings. The molecule has 0 aromatic heterocycles. The van der Waals surface area contributed by atoms with Gasteiger partial charge in [-0.3, -0.25) is 0 Å². The largest absolute Gasteiger partial charge is 0.393 e. The SMILES string of the molecule is CC(O)CCN(C)CCNC(C)(C)C. The second-order valence-corrected chi connectivity index (χ2v) is 5.12. The van der Waals surface area contributed by atoms with Crippen LogP contribution >= 0.6 is 0 Å². The summed E-state index contributed by atoms with van der Waals surface area (Å²) in [4.78, 5) is 2.24. The molecule has 0 radical (unpaired) electrons. The van der Waals surface area contributed by atoms with Gasteiger partial charge in [0.2, 0.25) is 0 Å². The Morgan fingerprint density at radius 2 is 1.86 bits per heavy atom. The quantitative estimate of drug-likeness (QED) is 0.676. The van der Waals surface area contributed by atoms with Gasteiger partial charge in [0.25, 0.3) is 0 Å². The van der Waals surface area contributed by atoms with Gasteiger partial charge in [-0.2, -0.15) is 0 Å².